The second kappa shape index (κ2) is 11.8. The van der Waals surface area contributed by atoms with Gasteiger partial charge in [-0.3, -0.25) is 9.59 Å². The summed E-state index contributed by atoms with van der Waals surface area (Å²) in [7, 11) is 7.74. The third kappa shape index (κ3) is 5.04. The largest absolute Gasteiger partial charge is 0.497 e. The maximum Gasteiger partial charge on any atom is 0.174 e. The van der Waals surface area contributed by atoms with E-state index in [1.54, 1.807) is 32.4 Å². The van der Waals surface area contributed by atoms with E-state index in [1.165, 1.54) is 21.3 Å². The molecule has 6 rings (SSSR count). The molecule has 0 fully saturated rings. The molecule has 0 bridgehead atoms. The summed E-state index contributed by atoms with van der Waals surface area (Å²) in [6.45, 7) is 0. The number of carbonyl (C=O) groups excluding carboxylic acids is 2. The monoisotopic (exact) mass is 596 g/mol. The van der Waals surface area contributed by atoms with E-state index < -0.39 is 12.2 Å². The van der Waals surface area contributed by atoms with Gasteiger partial charge in [-0.1, -0.05) is 24.3 Å². The maximum atomic E-state index is 13.7. The highest BCUT2D eigenvalue weighted by molar-refractivity contribution is 6.07. The molecule has 4 aromatic carbocycles. The van der Waals surface area contributed by atoms with Gasteiger partial charge in [0, 0.05) is 17.7 Å². The van der Waals surface area contributed by atoms with Gasteiger partial charge in [0.05, 0.1) is 59.5 Å². The first-order valence-corrected chi connectivity index (χ1v) is 14.1. The molecule has 0 saturated heterocycles. The summed E-state index contributed by atoms with van der Waals surface area (Å²) in [5.41, 5.74) is 3.39. The number of rotatable bonds is 8. The van der Waals surface area contributed by atoms with Gasteiger partial charge >= 0.3 is 0 Å². The van der Waals surface area contributed by atoms with Crippen LogP contribution in [0.15, 0.2) is 66.7 Å². The van der Waals surface area contributed by atoms with Crippen molar-refractivity contribution in [1.29, 1.82) is 0 Å². The number of carbonyl (C=O) groups is 2. The number of benzene rings is 4. The van der Waals surface area contributed by atoms with Gasteiger partial charge in [-0.15, -0.1) is 0 Å². The Balaban J connectivity index is 1.41. The fourth-order valence-electron chi connectivity index (χ4n) is 5.78. The topological polar surface area (TPSA) is 98.8 Å². The molecule has 2 aliphatic heterocycles. The maximum absolute atomic E-state index is 13.7. The van der Waals surface area contributed by atoms with Gasteiger partial charge in [0.2, 0.25) is 0 Å². The average molecular weight is 597 g/mol. The van der Waals surface area contributed by atoms with Crippen LogP contribution in [0.2, 0.25) is 0 Å². The van der Waals surface area contributed by atoms with Gasteiger partial charge in [-0.25, -0.2) is 0 Å². The molecule has 0 spiro atoms. The van der Waals surface area contributed by atoms with Crippen LogP contribution in [0.25, 0.3) is 11.1 Å². The molecule has 4 aromatic rings. The highest BCUT2D eigenvalue weighted by atomic mass is 16.5. The minimum Gasteiger partial charge on any atom is -0.497 e. The van der Waals surface area contributed by atoms with E-state index >= 15 is 0 Å². The van der Waals surface area contributed by atoms with Crippen molar-refractivity contribution in [2.24, 2.45) is 0 Å². The molecule has 2 heterocycles. The smallest absolute Gasteiger partial charge is 0.174 e. The number of hydrogen-bond donors (Lipinski definition) is 0. The number of ketones is 2. The fourth-order valence-corrected chi connectivity index (χ4v) is 5.78. The standard InChI is InChI=1S/C35H32O9/c1-38-21-10-6-19(7-11-21)27-15-25(36)23-14-24(29(40-3)17-30(23)43-27)33-31(41-4)18-32-34(35(33)42-5)26(37)16-28(44-32)20-8-12-22(39-2)13-9-20/h6-14,17-18,27-28H,15-16H2,1-5H3. The Morgan fingerprint density at radius 1 is 0.545 bits per heavy atom. The molecular formula is C35H32O9. The van der Waals surface area contributed by atoms with Crippen molar-refractivity contribution >= 4 is 11.6 Å². The van der Waals surface area contributed by atoms with Crippen LogP contribution in [0.5, 0.6) is 40.2 Å². The number of ether oxygens (including phenoxy) is 7. The van der Waals surface area contributed by atoms with E-state index in [1.807, 2.05) is 48.5 Å². The van der Waals surface area contributed by atoms with Crippen LogP contribution in [0.1, 0.15) is 56.9 Å². The zero-order chi connectivity index (χ0) is 31.0. The van der Waals surface area contributed by atoms with E-state index in [-0.39, 0.29) is 30.2 Å². The quantitative estimate of drug-likeness (QED) is 0.217. The number of methoxy groups -OCH3 is 5. The third-order valence-electron chi connectivity index (χ3n) is 8.04. The summed E-state index contributed by atoms with van der Waals surface area (Å²) in [5, 5.41) is 0. The summed E-state index contributed by atoms with van der Waals surface area (Å²) < 4.78 is 40.6. The Morgan fingerprint density at radius 3 is 1.59 bits per heavy atom. The van der Waals surface area contributed by atoms with Crippen molar-refractivity contribution in [2.75, 3.05) is 35.5 Å². The molecule has 226 valence electrons. The third-order valence-corrected chi connectivity index (χ3v) is 8.04. The zero-order valence-corrected chi connectivity index (χ0v) is 25.1. The summed E-state index contributed by atoms with van der Waals surface area (Å²) in [6, 6.07) is 19.9. The van der Waals surface area contributed by atoms with Crippen LogP contribution in [0.3, 0.4) is 0 Å². The number of Topliss-reactive ketones (excluding diaryl/α,β-unsaturated/α-hetero) is 2. The minimum atomic E-state index is -0.493. The lowest BCUT2D eigenvalue weighted by molar-refractivity contribution is 0.0836. The normalized spacial score (nSPS) is 17.0. The van der Waals surface area contributed by atoms with Gasteiger partial charge in [0.1, 0.15) is 58.0 Å². The molecule has 9 nitrogen and oxygen atoms in total. The van der Waals surface area contributed by atoms with E-state index in [9.17, 15) is 9.59 Å². The Bertz CT molecular complexity index is 1730. The predicted octanol–water partition coefficient (Wildman–Crippen LogP) is 6.81. The van der Waals surface area contributed by atoms with Crippen molar-refractivity contribution in [3.05, 3.63) is 89.0 Å². The van der Waals surface area contributed by atoms with E-state index in [0.717, 1.165) is 16.9 Å². The van der Waals surface area contributed by atoms with Crippen molar-refractivity contribution in [1.82, 2.24) is 0 Å². The highest BCUT2D eigenvalue weighted by Gasteiger charge is 2.36. The predicted molar refractivity (Wildman–Crippen MR) is 162 cm³/mol. The van der Waals surface area contributed by atoms with E-state index in [2.05, 4.69) is 0 Å². The van der Waals surface area contributed by atoms with Crippen molar-refractivity contribution < 1.29 is 42.7 Å². The molecule has 0 radical (unpaired) electrons. The van der Waals surface area contributed by atoms with Gasteiger partial charge in [0.25, 0.3) is 0 Å². The van der Waals surface area contributed by atoms with Crippen molar-refractivity contribution in [3.63, 3.8) is 0 Å². The van der Waals surface area contributed by atoms with E-state index in [4.69, 9.17) is 33.2 Å². The first kappa shape index (κ1) is 28.9. The second-order valence-electron chi connectivity index (χ2n) is 10.4. The Hall–Kier alpha value is -5.18. The molecular weight excluding hydrogens is 564 g/mol. The van der Waals surface area contributed by atoms with Crippen LogP contribution in [-0.4, -0.2) is 47.1 Å². The molecule has 0 aliphatic carbocycles. The summed E-state index contributed by atoms with van der Waals surface area (Å²) in [6.07, 6.45) is -0.685. The Kier molecular flexibility index (Phi) is 7.78. The average Bonchev–Trinajstić information content (AvgIpc) is 3.06. The summed E-state index contributed by atoms with van der Waals surface area (Å²) in [4.78, 5) is 27.2. The highest BCUT2D eigenvalue weighted by Crippen LogP contribution is 2.53. The molecule has 9 heteroatoms. The van der Waals surface area contributed by atoms with Gasteiger partial charge < -0.3 is 33.2 Å². The SMILES string of the molecule is COc1ccc(C2CC(=O)c3cc(-c4c(OC)cc5c(c4OC)C(=O)CC(c4ccc(OC)cc4)O5)c(OC)cc3O2)cc1. The Labute approximate surface area is 255 Å². The molecule has 2 unspecified atom stereocenters. The second-order valence-corrected chi connectivity index (χ2v) is 10.4. The summed E-state index contributed by atoms with van der Waals surface area (Å²) >= 11 is 0. The molecule has 0 amide bonds. The van der Waals surface area contributed by atoms with Crippen LogP contribution in [0, 0.1) is 0 Å². The van der Waals surface area contributed by atoms with Crippen molar-refractivity contribution in [3.8, 4) is 51.4 Å². The van der Waals surface area contributed by atoms with Crippen LogP contribution < -0.4 is 33.2 Å². The molecule has 44 heavy (non-hydrogen) atoms. The molecule has 2 atom stereocenters. The van der Waals surface area contributed by atoms with Gasteiger partial charge in [0.15, 0.2) is 11.6 Å². The first-order chi connectivity index (χ1) is 21.4. The van der Waals surface area contributed by atoms with Crippen LogP contribution in [-0.2, 0) is 0 Å². The number of hydrogen-bond acceptors (Lipinski definition) is 9. The lowest BCUT2D eigenvalue weighted by atomic mass is 9.89. The Morgan fingerprint density at radius 2 is 1.07 bits per heavy atom. The van der Waals surface area contributed by atoms with E-state index in [0.29, 0.717) is 51.0 Å². The van der Waals surface area contributed by atoms with Crippen LogP contribution in [0.4, 0.5) is 0 Å². The molecule has 0 saturated carbocycles. The molecule has 0 aromatic heterocycles. The van der Waals surface area contributed by atoms with Crippen LogP contribution >= 0.6 is 0 Å². The van der Waals surface area contributed by atoms with Gasteiger partial charge in [-0.2, -0.15) is 0 Å². The lowest BCUT2D eigenvalue weighted by Gasteiger charge is -2.30. The minimum absolute atomic E-state index is 0.0893. The van der Waals surface area contributed by atoms with Gasteiger partial charge in [-0.05, 0) is 41.5 Å². The first-order valence-electron chi connectivity index (χ1n) is 14.1. The number of fused-ring (bicyclic) bond motifs is 2. The fraction of sp³-hybridized carbons (Fsp3) is 0.257. The molecule has 0 N–H and O–H groups in total. The summed E-state index contributed by atoms with van der Waals surface area (Å²) in [5.74, 6) is 3.03. The van der Waals surface area contributed by atoms with Crippen molar-refractivity contribution in [2.45, 2.75) is 25.0 Å². The molecule has 2 aliphatic rings. The lowest BCUT2D eigenvalue weighted by Crippen LogP contribution is -2.22. The zero-order valence-electron chi connectivity index (χ0n) is 25.1.